The third-order valence-electron chi connectivity index (χ3n) is 4.57. The maximum atomic E-state index is 11.7. The summed E-state index contributed by atoms with van der Waals surface area (Å²) in [5.41, 5.74) is 3.69. The molecule has 0 amide bonds. The van der Waals surface area contributed by atoms with Crippen molar-refractivity contribution in [2.24, 2.45) is 0 Å². The van der Waals surface area contributed by atoms with E-state index in [1.165, 1.54) is 14.2 Å². The maximum absolute atomic E-state index is 11.7. The largest absolute Gasteiger partial charge is 0.496 e. The van der Waals surface area contributed by atoms with Gasteiger partial charge in [-0.2, -0.15) is 0 Å². The molecule has 0 aromatic heterocycles. The molecule has 0 bridgehead atoms. The van der Waals surface area contributed by atoms with Gasteiger partial charge in [0.25, 0.3) is 0 Å². The minimum absolute atomic E-state index is 0.247. The lowest BCUT2D eigenvalue weighted by Crippen LogP contribution is -2.04. The molecule has 0 spiro atoms. The molecule has 0 N–H and O–H groups in total. The summed E-state index contributed by atoms with van der Waals surface area (Å²) in [4.78, 5) is 11.7. The van der Waals surface area contributed by atoms with Crippen LogP contribution in [0.4, 0.5) is 0 Å². The van der Waals surface area contributed by atoms with Gasteiger partial charge in [0.15, 0.2) is 11.5 Å². The van der Waals surface area contributed by atoms with Crippen molar-refractivity contribution in [3.63, 3.8) is 0 Å². The Bertz CT molecular complexity index is 1250. The molecule has 3 aromatic rings. The summed E-state index contributed by atoms with van der Waals surface area (Å²) < 4.78 is 20.7. The Kier molecular flexibility index (Phi) is 5.78. The summed E-state index contributed by atoms with van der Waals surface area (Å²) in [6.45, 7) is 0.247. The third kappa shape index (κ3) is 4.63. The van der Waals surface area contributed by atoms with Crippen LogP contribution in [0.5, 0.6) is 17.2 Å². The number of methoxy groups -OCH3 is 2. The van der Waals surface area contributed by atoms with Gasteiger partial charge >= 0.3 is 5.97 Å². The molecule has 1 heterocycles. The summed E-state index contributed by atoms with van der Waals surface area (Å²) in [5, 5.41) is 0. The average Bonchev–Trinajstić information content (AvgIpc) is 3.29. The highest BCUT2D eigenvalue weighted by molar-refractivity contribution is 5.92. The quantitative estimate of drug-likeness (QED) is 0.472. The number of carbonyl (C=O) groups is 1. The number of hydrogen-bond acceptors (Lipinski definition) is 5. The Morgan fingerprint density at radius 2 is 1.29 bits per heavy atom. The molecule has 0 fully saturated rings. The lowest BCUT2D eigenvalue weighted by Gasteiger charge is -2.06. The highest BCUT2D eigenvalue weighted by atomic mass is 16.7. The molecule has 5 nitrogen and oxygen atoms in total. The van der Waals surface area contributed by atoms with E-state index in [0.717, 1.165) is 28.0 Å². The Balaban J connectivity index is 1.48. The van der Waals surface area contributed by atoms with Gasteiger partial charge in [-0.05, 0) is 60.7 Å². The van der Waals surface area contributed by atoms with Crippen molar-refractivity contribution in [1.29, 1.82) is 0 Å². The minimum atomic E-state index is -0.450. The van der Waals surface area contributed by atoms with Crippen LogP contribution in [0.1, 0.15) is 32.6 Å². The lowest BCUT2D eigenvalue weighted by atomic mass is 10.1. The second kappa shape index (κ2) is 8.98. The zero-order chi connectivity index (χ0) is 21.6. The smallest absolute Gasteiger partial charge is 0.341 e. The molecule has 0 atom stereocenters. The molecule has 0 radical (unpaired) electrons. The molecule has 3 aromatic carbocycles. The van der Waals surface area contributed by atoms with Crippen molar-refractivity contribution in [2.45, 2.75) is 0 Å². The van der Waals surface area contributed by atoms with Crippen molar-refractivity contribution in [2.75, 3.05) is 21.0 Å². The van der Waals surface area contributed by atoms with Crippen molar-refractivity contribution in [1.82, 2.24) is 0 Å². The van der Waals surface area contributed by atoms with Gasteiger partial charge in [0.05, 0.1) is 14.2 Å². The van der Waals surface area contributed by atoms with E-state index in [-0.39, 0.29) is 6.79 Å². The Morgan fingerprint density at radius 1 is 0.742 bits per heavy atom. The standard InChI is InChI=1S/C26H18O5/c1-28-24-15-20(11-13-22(24)26(27)29-2)9-7-18-3-5-19(6-4-18)8-10-21-12-14-23-25(16-21)31-17-30-23/h3-6,11-16H,17H2,1-2H3. The average molecular weight is 410 g/mol. The number of rotatable bonds is 2. The fraction of sp³-hybridized carbons (Fsp3) is 0.115. The fourth-order valence-corrected chi connectivity index (χ4v) is 2.95. The molecule has 1 aliphatic rings. The lowest BCUT2D eigenvalue weighted by molar-refractivity contribution is 0.0597. The molecule has 0 saturated carbocycles. The van der Waals surface area contributed by atoms with Crippen LogP contribution < -0.4 is 14.2 Å². The van der Waals surface area contributed by atoms with Crippen LogP contribution in [0.15, 0.2) is 60.7 Å². The SMILES string of the molecule is COC(=O)c1ccc(C#Cc2ccc(C#Cc3ccc4c(c3)OCO4)cc2)cc1OC. The van der Waals surface area contributed by atoms with Gasteiger partial charge < -0.3 is 18.9 Å². The van der Waals surface area contributed by atoms with E-state index in [1.54, 1.807) is 18.2 Å². The van der Waals surface area contributed by atoms with E-state index >= 15 is 0 Å². The van der Waals surface area contributed by atoms with Crippen molar-refractivity contribution in [3.05, 3.63) is 88.5 Å². The molecule has 31 heavy (non-hydrogen) atoms. The highest BCUT2D eigenvalue weighted by Crippen LogP contribution is 2.32. The van der Waals surface area contributed by atoms with Crippen LogP contribution in [-0.2, 0) is 4.74 Å². The first kappa shape index (κ1) is 19.9. The van der Waals surface area contributed by atoms with Gasteiger partial charge in [-0.3, -0.25) is 0 Å². The number of fused-ring (bicyclic) bond motifs is 1. The molecule has 152 valence electrons. The van der Waals surface area contributed by atoms with E-state index in [9.17, 15) is 4.79 Å². The van der Waals surface area contributed by atoms with Crippen molar-refractivity contribution in [3.8, 4) is 40.9 Å². The second-order valence-corrected chi connectivity index (χ2v) is 6.55. The van der Waals surface area contributed by atoms with Gasteiger partial charge in [0, 0.05) is 22.3 Å². The minimum Gasteiger partial charge on any atom is -0.496 e. The van der Waals surface area contributed by atoms with Gasteiger partial charge in [-0.15, -0.1) is 0 Å². The third-order valence-corrected chi connectivity index (χ3v) is 4.57. The first-order chi connectivity index (χ1) is 15.2. The number of benzene rings is 3. The van der Waals surface area contributed by atoms with Gasteiger partial charge in [-0.25, -0.2) is 4.79 Å². The summed E-state index contributed by atoms with van der Waals surface area (Å²) in [6, 6.07) is 18.4. The topological polar surface area (TPSA) is 54.0 Å². The summed E-state index contributed by atoms with van der Waals surface area (Å²) in [5.74, 6) is 13.9. The van der Waals surface area contributed by atoms with Crippen LogP contribution in [0.25, 0.3) is 0 Å². The van der Waals surface area contributed by atoms with Crippen LogP contribution >= 0.6 is 0 Å². The van der Waals surface area contributed by atoms with Gasteiger partial charge in [0.2, 0.25) is 6.79 Å². The first-order valence-corrected chi connectivity index (χ1v) is 9.46. The monoisotopic (exact) mass is 410 g/mol. The Hall–Kier alpha value is -4.35. The molecule has 0 aliphatic carbocycles. The van der Waals surface area contributed by atoms with E-state index in [1.807, 2.05) is 42.5 Å². The number of ether oxygens (including phenoxy) is 4. The zero-order valence-electron chi connectivity index (χ0n) is 17.0. The van der Waals surface area contributed by atoms with Crippen LogP contribution in [-0.4, -0.2) is 27.0 Å². The Labute approximate surface area is 180 Å². The Morgan fingerprint density at radius 3 is 1.94 bits per heavy atom. The highest BCUT2D eigenvalue weighted by Gasteiger charge is 2.13. The summed E-state index contributed by atoms with van der Waals surface area (Å²) >= 11 is 0. The summed E-state index contributed by atoms with van der Waals surface area (Å²) in [6.07, 6.45) is 0. The first-order valence-electron chi connectivity index (χ1n) is 9.46. The maximum Gasteiger partial charge on any atom is 0.341 e. The van der Waals surface area contributed by atoms with Crippen LogP contribution in [0.3, 0.4) is 0 Å². The number of hydrogen-bond donors (Lipinski definition) is 0. The van der Waals surface area contributed by atoms with E-state index < -0.39 is 5.97 Å². The molecule has 5 heteroatoms. The van der Waals surface area contributed by atoms with E-state index in [4.69, 9.17) is 18.9 Å². The predicted octanol–water partition coefficient (Wildman–Crippen LogP) is 4.01. The number of esters is 1. The normalized spacial score (nSPS) is 10.9. The van der Waals surface area contributed by atoms with Gasteiger partial charge in [0.1, 0.15) is 11.3 Å². The molecule has 1 aliphatic heterocycles. The molecule has 0 unspecified atom stereocenters. The second-order valence-electron chi connectivity index (χ2n) is 6.55. The fourth-order valence-electron chi connectivity index (χ4n) is 2.95. The predicted molar refractivity (Wildman–Crippen MR) is 115 cm³/mol. The van der Waals surface area contributed by atoms with Gasteiger partial charge in [-0.1, -0.05) is 23.7 Å². The van der Waals surface area contributed by atoms with Crippen LogP contribution in [0, 0.1) is 23.7 Å². The van der Waals surface area contributed by atoms with E-state index in [0.29, 0.717) is 17.1 Å². The molecular weight excluding hydrogens is 392 g/mol. The van der Waals surface area contributed by atoms with Crippen molar-refractivity contribution >= 4 is 5.97 Å². The zero-order valence-corrected chi connectivity index (χ0v) is 17.0. The summed E-state index contributed by atoms with van der Waals surface area (Å²) in [7, 11) is 2.83. The molecular formula is C26H18O5. The van der Waals surface area contributed by atoms with E-state index in [2.05, 4.69) is 23.7 Å². The molecule has 0 saturated heterocycles. The molecule has 4 rings (SSSR count). The number of carbonyl (C=O) groups excluding carboxylic acids is 1. The van der Waals surface area contributed by atoms with Crippen molar-refractivity contribution < 1.29 is 23.7 Å². The van der Waals surface area contributed by atoms with Crippen LogP contribution in [0.2, 0.25) is 0 Å².